The van der Waals surface area contributed by atoms with Gasteiger partial charge in [0.05, 0.1) is 33.3 Å². The maximum atomic E-state index is 6.99. The van der Waals surface area contributed by atoms with Gasteiger partial charge in [0, 0.05) is 59.8 Å². The van der Waals surface area contributed by atoms with Crippen LogP contribution >= 0.6 is 0 Å². The van der Waals surface area contributed by atoms with E-state index in [4.69, 9.17) is 19.4 Å². The Bertz CT molecular complexity index is 3690. The second-order valence-corrected chi connectivity index (χ2v) is 14.7. The first kappa shape index (κ1) is 30.5. The summed E-state index contributed by atoms with van der Waals surface area (Å²) in [4.78, 5) is 15.3. The van der Waals surface area contributed by atoms with Crippen LogP contribution in [0, 0.1) is 0 Å². The van der Waals surface area contributed by atoms with E-state index in [-0.39, 0.29) is 0 Å². The molecule has 0 bridgehead atoms. The molecule has 6 nitrogen and oxygen atoms in total. The molecule has 0 aliphatic carbocycles. The molecule has 0 atom stereocenters. The minimum absolute atomic E-state index is 0.590. The SMILES string of the molecule is c1ccc(-c2nc(-c3ccccc3)nc(-c3ccc(-n4c5ccccc5c5cc6c7ccccc7n7c8ccccc8c(c54)c67)c4oc5ccccc5c34)n2)cc1. The van der Waals surface area contributed by atoms with Crippen LogP contribution in [-0.2, 0) is 0 Å². The van der Waals surface area contributed by atoms with Crippen molar-refractivity contribution in [2.24, 2.45) is 0 Å². The van der Waals surface area contributed by atoms with E-state index >= 15 is 0 Å². The van der Waals surface area contributed by atoms with Crippen LogP contribution in [-0.4, -0.2) is 23.9 Å². The van der Waals surface area contributed by atoms with Crippen molar-refractivity contribution in [2.75, 3.05) is 0 Å². The van der Waals surface area contributed by atoms with E-state index in [1.807, 2.05) is 72.8 Å². The highest BCUT2D eigenvalue weighted by molar-refractivity contribution is 6.34. The van der Waals surface area contributed by atoms with Crippen LogP contribution in [0.4, 0.5) is 0 Å². The standard InChI is InChI=1S/C51H29N5O/c1-3-15-30(16-4-1)49-52-50(31-17-5-2-6-18-31)54-51(53-49)36-27-28-42(48-44(36)35-22-10-14-26-43(35)57-48)56-40-24-12-8-20-33(40)38-29-37-32-19-7-11-23-39(32)55-41-25-13-9-21-34(41)45(46(37)55)47(38)56/h1-29H. The molecule has 0 spiro atoms. The highest BCUT2D eigenvalue weighted by Crippen LogP contribution is 2.48. The Balaban J connectivity index is 1.17. The van der Waals surface area contributed by atoms with Crippen molar-refractivity contribution in [3.63, 3.8) is 0 Å². The third kappa shape index (κ3) is 4.16. The number of aromatic nitrogens is 5. The number of para-hydroxylation sites is 4. The molecule has 0 aliphatic rings. The van der Waals surface area contributed by atoms with E-state index < -0.39 is 0 Å². The zero-order valence-corrected chi connectivity index (χ0v) is 30.4. The average Bonchev–Trinajstić information content (AvgIpc) is 4.02. The zero-order valence-electron chi connectivity index (χ0n) is 30.4. The fourth-order valence-electron chi connectivity index (χ4n) is 9.31. The van der Waals surface area contributed by atoms with E-state index in [1.54, 1.807) is 0 Å². The molecule has 8 aromatic carbocycles. The first-order valence-electron chi connectivity index (χ1n) is 19.2. The molecule has 5 heterocycles. The largest absolute Gasteiger partial charge is 0.454 e. The average molecular weight is 728 g/mol. The Hall–Kier alpha value is -7.83. The minimum Gasteiger partial charge on any atom is -0.454 e. The van der Waals surface area contributed by atoms with Gasteiger partial charge in [-0.15, -0.1) is 0 Å². The number of rotatable bonds is 4. The number of nitrogens with zero attached hydrogens (tertiary/aromatic N) is 5. The van der Waals surface area contributed by atoms with Crippen LogP contribution in [0.2, 0.25) is 0 Å². The van der Waals surface area contributed by atoms with Gasteiger partial charge >= 0.3 is 0 Å². The molecule has 0 saturated heterocycles. The van der Waals surface area contributed by atoms with Gasteiger partial charge in [-0.2, -0.15) is 0 Å². The second kappa shape index (κ2) is 11.4. The summed E-state index contributed by atoms with van der Waals surface area (Å²) >= 11 is 0. The molecule has 13 aromatic rings. The van der Waals surface area contributed by atoms with Crippen molar-refractivity contribution in [3.8, 4) is 39.9 Å². The molecule has 0 fully saturated rings. The molecule has 6 heteroatoms. The van der Waals surface area contributed by atoms with Crippen LogP contribution in [0.5, 0.6) is 0 Å². The molecular formula is C51H29N5O. The third-order valence-electron chi connectivity index (χ3n) is 11.7. The summed E-state index contributed by atoms with van der Waals surface area (Å²) < 4.78 is 11.9. The predicted molar refractivity (Wildman–Crippen MR) is 232 cm³/mol. The second-order valence-electron chi connectivity index (χ2n) is 14.7. The fraction of sp³-hybridized carbons (Fsp3) is 0. The van der Waals surface area contributed by atoms with E-state index in [9.17, 15) is 0 Å². The number of hydrogen-bond donors (Lipinski definition) is 0. The van der Waals surface area contributed by atoms with Crippen molar-refractivity contribution >= 4 is 81.8 Å². The van der Waals surface area contributed by atoms with Crippen LogP contribution in [0.1, 0.15) is 0 Å². The van der Waals surface area contributed by atoms with Gasteiger partial charge in [-0.1, -0.05) is 133 Å². The Morgan fingerprint density at radius 3 is 1.61 bits per heavy atom. The van der Waals surface area contributed by atoms with Gasteiger partial charge in [-0.25, -0.2) is 15.0 Å². The molecule has 264 valence electrons. The summed E-state index contributed by atoms with van der Waals surface area (Å²) in [6.07, 6.45) is 0. The van der Waals surface area contributed by atoms with Crippen LogP contribution in [0.3, 0.4) is 0 Å². The molecule has 0 amide bonds. The highest BCUT2D eigenvalue weighted by Gasteiger charge is 2.27. The molecule has 0 N–H and O–H groups in total. The fourth-order valence-corrected chi connectivity index (χ4v) is 9.31. The van der Waals surface area contributed by atoms with E-state index in [0.29, 0.717) is 17.5 Å². The van der Waals surface area contributed by atoms with Crippen LogP contribution in [0.25, 0.3) is 122 Å². The van der Waals surface area contributed by atoms with E-state index in [1.165, 1.54) is 48.9 Å². The van der Waals surface area contributed by atoms with Crippen molar-refractivity contribution in [1.82, 2.24) is 23.9 Å². The van der Waals surface area contributed by atoms with E-state index in [0.717, 1.165) is 55.3 Å². The molecule has 0 saturated carbocycles. The Labute approximate surface area is 324 Å². The van der Waals surface area contributed by atoms with Crippen molar-refractivity contribution in [1.29, 1.82) is 0 Å². The first-order valence-corrected chi connectivity index (χ1v) is 19.2. The van der Waals surface area contributed by atoms with Gasteiger partial charge in [-0.3, -0.25) is 0 Å². The summed E-state index contributed by atoms with van der Waals surface area (Å²) in [7, 11) is 0. The van der Waals surface area contributed by atoms with Crippen molar-refractivity contribution in [2.45, 2.75) is 0 Å². The van der Waals surface area contributed by atoms with Gasteiger partial charge < -0.3 is 13.4 Å². The lowest BCUT2D eigenvalue weighted by Gasteiger charge is -2.13. The van der Waals surface area contributed by atoms with Gasteiger partial charge in [0.15, 0.2) is 23.1 Å². The Kier molecular flexibility index (Phi) is 6.07. The lowest BCUT2D eigenvalue weighted by Crippen LogP contribution is -2.01. The molecular weight excluding hydrogens is 699 g/mol. The summed E-state index contributed by atoms with van der Waals surface area (Å²) in [5.41, 5.74) is 11.2. The summed E-state index contributed by atoms with van der Waals surface area (Å²) in [5, 5.41) is 9.34. The minimum atomic E-state index is 0.590. The zero-order chi connectivity index (χ0) is 37.2. The molecule has 13 rings (SSSR count). The summed E-state index contributed by atoms with van der Waals surface area (Å²) in [5.74, 6) is 1.83. The molecule has 0 aliphatic heterocycles. The quantitative estimate of drug-likeness (QED) is 0.181. The molecule has 0 radical (unpaired) electrons. The number of fused-ring (bicyclic) bond motifs is 13. The van der Waals surface area contributed by atoms with Gasteiger partial charge in [0.25, 0.3) is 0 Å². The normalized spacial score (nSPS) is 12.2. The summed E-state index contributed by atoms with van der Waals surface area (Å²) in [6.45, 7) is 0. The molecule has 0 unspecified atom stereocenters. The van der Waals surface area contributed by atoms with Crippen molar-refractivity contribution < 1.29 is 4.42 Å². The number of furan rings is 1. The van der Waals surface area contributed by atoms with Crippen LogP contribution in [0.15, 0.2) is 180 Å². The highest BCUT2D eigenvalue weighted by atomic mass is 16.3. The lowest BCUT2D eigenvalue weighted by atomic mass is 10.0. The first-order chi connectivity index (χ1) is 28.3. The van der Waals surface area contributed by atoms with E-state index in [2.05, 4.69) is 112 Å². The topological polar surface area (TPSA) is 61.2 Å². The maximum absolute atomic E-state index is 6.99. The third-order valence-corrected chi connectivity index (χ3v) is 11.7. The van der Waals surface area contributed by atoms with Crippen LogP contribution < -0.4 is 0 Å². The lowest BCUT2D eigenvalue weighted by molar-refractivity contribution is 0.666. The van der Waals surface area contributed by atoms with Gasteiger partial charge in [0.2, 0.25) is 0 Å². The van der Waals surface area contributed by atoms with Gasteiger partial charge in [0.1, 0.15) is 5.58 Å². The molecule has 57 heavy (non-hydrogen) atoms. The number of hydrogen-bond acceptors (Lipinski definition) is 4. The molecule has 5 aromatic heterocycles. The van der Waals surface area contributed by atoms with Gasteiger partial charge in [-0.05, 0) is 42.5 Å². The predicted octanol–water partition coefficient (Wildman–Crippen LogP) is 13.0. The Morgan fingerprint density at radius 1 is 0.386 bits per heavy atom. The summed E-state index contributed by atoms with van der Waals surface area (Å²) in [6, 6.07) is 61.6. The monoisotopic (exact) mass is 727 g/mol. The Morgan fingerprint density at radius 2 is 0.912 bits per heavy atom. The van der Waals surface area contributed by atoms with Crippen molar-refractivity contribution in [3.05, 3.63) is 176 Å². The smallest absolute Gasteiger partial charge is 0.164 e. The maximum Gasteiger partial charge on any atom is 0.164 e. The number of benzene rings is 8.